The third-order valence-corrected chi connectivity index (χ3v) is 8.42. The molecule has 2 aliphatic rings. The van der Waals surface area contributed by atoms with Crippen molar-refractivity contribution in [2.24, 2.45) is 10.9 Å². The van der Waals surface area contributed by atoms with Gasteiger partial charge >= 0.3 is 0 Å². The number of imidazole rings is 1. The van der Waals surface area contributed by atoms with Gasteiger partial charge in [0.2, 0.25) is 22.1 Å². The lowest BCUT2D eigenvalue weighted by Gasteiger charge is -2.51. The summed E-state index contributed by atoms with van der Waals surface area (Å²) < 4.78 is 7.00. The van der Waals surface area contributed by atoms with Crippen molar-refractivity contribution < 1.29 is 33.5 Å². The first-order valence-corrected chi connectivity index (χ1v) is 13.0. The zero-order valence-electron chi connectivity index (χ0n) is 19.0. The molecule has 3 aromatic heterocycles. The number of aromatic nitrogens is 4. The van der Waals surface area contributed by atoms with E-state index in [9.17, 15) is 24.3 Å². The Morgan fingerprint density at radius 3 is 2.73 bits per heavy atom. The Morgan fingerprint density at radius 2 is 2.11 bits per heavy atom. The van der Waals surface area contributed by atoms with Gasteiger partial charge in [-0.25, -0.2) is 4.57 Å². The summed E-state index contributed by atoms with van der Waals surface area (Å²) in [5.41, 5.74) is 10.9. The van der Waals surface area contributed by atoms with Crippen LogP contribution in [0.25, 0.3) is 10.5 Å². The van der Waals surface area contributed by atoms with Crippen molar-refractivity contribution in [3.8, 4) is 0 Å². The van der Waals surface area contributed by atoms with Crippen LogP contribution in [0.3, 0.4) is 0 Å². The number of hydrogen-bond donors (Lipinski definition) is 3. The van der Waals surface area contributed by atoms with E-state index in [1.807, 2.05) is 0 Å². The lowest BCUT2D eigenvalue weighted by Crippen LogP contribution is -2.72. The highest BCUT2D eigenvalue weighted by Crippen LogP contribution is 2.45. The van der Waals surface area contributed by atoms with Crippen molar-refractivity contribution in [1.29, 1.82) is 0 Å². The largest absolute Gasteiger partial charge is 0.543 e. The lowest BCUT2D eigenvalue weighted by atomic mass is 10.0. The van der Waals surface area contributed by atoms with Crippen LogP contribution in [0.1, 0.15) is 23.2 Å². The summed E-state index contributed by atoms with van der Waals surface area (Å²) in [6, 6.07) is -1.06. The summed E-state index contributed by atoms with van der Waals surface area (Å²) in [6.07, 6.45) is 3.15. The minimum atomic E-state index is -1.56. The molecular formula is C19H17N9O6S3. The molecule has 3 aromatic rings. The molecule has 2 aliphatic heterocycles. The summed E-state index contributed by atoms with van der Waals surface area (Å²) in [4.78, 5) is 60.3. The number of aliphatic carboxylic acids is 1. The molecule has 37 heavy (non-hydrogen) atoms. The molecule has 0 bridgehead atoms. The van der Waals surface area contributed by atoms with Gasteiger partial charge in [-0.15, -0.1) is 11.8 Å². The molecule has 5 heterocycles. The molecule has 5 rings (SSSR count). The Bertz CT molecular complexity index is 1540. The topological polar surface area (TPSA) is 215 Å². The third-order valence-electron chi connectivity index (χ3n) is 5.59. The van der Waals surface area contributed by atoms with E-state index in [0.717, 1.165) is 16.4 Å². The molecule has 15 nitrogen and oxygen atoms in total. The second-order valence-corrected chi connectivity index (χ2v) is 10.9. The van der Waals surface area contributed by atoms with Gasteiger partial charge in [-0.3, -0.25) is 19.3 Å². The van der Waals surface area contributed by atoms with Gasteiger partial charge in [0, 0.05) is 16.9 Å². The van der Waals surface area contributed by atoms with Crippen molar-refractivity contribution >= 4 is 79.7 Å². The van der Waals surface area contributed by atoms with Gasteiger partial charge in [-0.1, -0.05) is 16.5 Å². The van der Waals surface area contributed by atoms with Crippen LogP contribution in [0.2, 0.25) is 0 Å². The number of rotatable bonds is 7. The number of carbonyl (C=O) groups is 4. The lowest BCUT2D eigenvalue weighted by molar-refractivity contribution is -0.510. The Balaban J connectivity index is 1.46. The maximum absolute atomic E-state index is 13.1. The third kappa shape index (κ3) is 3.98. The number of nitrogens with one attached hydrogen (secondary N) is 1. The summed E-state index contributed by atoms with van der Waals surface area (Å²) in [7, 11) is 1.23. The smallest absolute Gasteiger partial charge is 0.289 e. The number of nitrogens with zero attached hydrogens (tertiary/aromatic N) is 6. The average Bonchev–Trinajstić information content (AvgIpc) is 3.55. The Morgan fingerprint density at radius 1 is 1.35 bits per heavy atom. The first-order valence-electron chi connectivity index (χ1n) is 10.4. The fourth-order valence-corrected chi connectivity index (χ4v) is 6.84. The molecular weight excluding hydrogens is 546 g/mol. The van der Waals surface area contributed by atoms with E-state index in [2.05, 4.69) is 19.8 Å². The average molecular weight is 564 g/mol. The first kappa shape index (κ1) is 24.7. The van der Waals surface area contributed by atoms with Crippen LogP contribution in [0.5, 0.6) is 0 Å². The highest BCUT2D eigenvalue weighted by molar-refractivity contribution is 8.01. The van der Waals surface area contributed by atoms with Gasteiger partial charge in [0.25, 0.3) is 24.0 Å². The number of thiazole rings is 1. The normalized spacial score (nSPS) is 21.6. The number of nitrogens with two attached hydrogens (primary N) is 2. The highest BCUT2D eigenvalue weighted by atomic mass is 32.2. The van der Waals surface area contributed by atoms with E-state index in [1.54, 1.807) is 18.5 Å². The molecule has 1 unspecified atom stereocenters. The van der Waals surface area contributed by atoms with Crippen molar-refractivity contribution in [1.82, 2.24) is 24.1 Å². The van der Waals surface area contributed by atoms with E-state index < -0.39 is 40.4 Å². The second-order valence-electron chi connectivity index (χ2n) is 7.77. The number of β-lactam (4-membered cyclic amide) rings is 1. The summed E-state index contributed by atoms with van der Waals surface area (Å²) in [6.45, 7) is 1.76. The van der Waals surface area contributed by atoms with Gasteiger partial charge < -0.3 is 31.5 Å². The SMILES string of the molecule is CO/N=C(\C(=O)N[C@@H]1C(=O)N2C(C(=O)[O-])=C(n3cc4scc(C(N)=O)[n+]4c3)C(C)S[C@H]12)c1nsc(N)n1. The van der Waals surface area contributed by atoms with Crippen LogP contribution >= 0.6 is 34.6 Å². The molecule has 0 radical (unpaired) electrons. The molecule has 0 spiro atoms. The van der Waals surface area contributed by atoms with Crippen LogP contribution in [0.15, 0.2) is 28.8 Å². The number of carbonyl (C=O) groups excluding carboxylic acids is 4. The first-order chi connectivity index (χ1) is 17.6. The molecule has 1 fully saturated rings. The summed E-state index contributed by atoms with van der Waals surface area (Å²) >= 11 is 3.37. The molecule has 3 atom stereocenters. The number of nitrogen functional groups attached to an aromatic ring is 1. The van der Waals surface area contributed by atoms with Gasteiger partial charge in [-0.05, 0) is 6.92 Å². The van der Waals surface area contributed by atoms with Gasteiger partial charge in [-0.2, -0.15) is 13.8 Å². The molecule has 1 saturated heterocycles. The molecule has 0 aromatic carbocycles. The van der Waals surface area contributed by atoms with Crippen LogP contribution in [-0.2, 0) is 19.2 Å². The van der Waals surface area contributed by atoms with Crippen molar-refractivity contribution in [3.05, 3.63) is 35.1 Å². The number of thioether (sulfide) groups is 1. The second kappa shape index (κ2) is 9.12. The Labute approximate surface area is 219 Å². The quantitative estimate of drug-likeness (QED) is 0.120. The van der Waals surface area contributed by atoms with E-state index in [1.165, 1.54) is 45.5 Å². The van der Waals surface area contributed by atoms with Gasteiger partial charge in [0.15, 0.2) is 11.3 Å². The molecule has 18 heteroatoms. The summed E-state index contributed by atoms with van der Waals surface area (Å²) in [5.74, 6) is -3.73. The highest BCUT2D eigenvalue weighted by Gasteiger charge is 2.56. The fourth-order valence-electron chi connectivity index (χ4n) is 4.06. The fraction of sp³-hybridized carbons (Fsp3) is 0.263. The van der Waals surface area contributed by atoms with Crippen molar-refractivity contribution in [2.75, 3.05) is 12.8 Å². The van der Waals surface area contributed by atoms with E-state index in [0.29, 0.717) is 4.83 Å². The molecule has 5 N–H and O–H groups in total. The van der Waals surface area contributed by atoms with Crippen molar-refractivity contribution in [2.45, 2.75) is 23.6 Å². The Hall–Kier alpha value is -4.03. The number of hydrogen-bond acceptors (Lipinski definition) is 13. The Kier molecular flexibility index (Phi) is 6.08. The maximum Gasteiger partial charge on any atom is 0.289 e. The van der Waals surface area contributed by atoms with Gasteiger partial charge in [0.05, 0.1) is 11.2 Å². The summed E-state index contributed by atoms with van der Waals surface area (Å²) in [5, 5.41) is 19.0. The molecule has 192 valence electrons. The van der Waals surface area contributed by atoms with Crippen LogP contribution in [0, 0.1) is 0 Å². The predicted molar refractivity (Wildman–Crippen MR) is 130 cm³/mol. The molecule has 3 amide bonds. The van der Waals surface area contributed by atoms with E-state index >= 15 is 0 Å². The van der Waals surface area contributed by atoms with E-state index in [-0.39, 0.29) is 33.8 Å². The predicted octanol–water partition coefficient (Wildman–Crippen LogP) is -2.42. The minimum Gasteiger partial charge on any atom is -0.543 e. The van der Waals surface area contributed by atoms with Crippen LogP contribution in [0.4, 0.5) is 5.13 Å². The van der Waals surface area contributed by atoms with Gasteiger partial charge in [0.1, 0.15) is 29.9 Å². The zero-order chi connectivity index (χ0) is 26.6. The van der Waals surface area contributed by atoms with Crippen molar-refractivity contribution in [3.63, 3.8) is 0 Å². The number of fused-ring (bicyclic) bond motifs is 2. The number of primary amides is 1. The minimum absolute atomic E-state index is 0.0758. The number of carboxylic acids is 1. The maximum atomic E-state index is 13.1. The van der Waals surface area contributed by atoms with Crippen LogP contribution in [-0.4, -0.2) is 72.0 Å². The van der Waals surface area contributed by atoms with Crippen LogP contribution < -0.4 is 26.3 Å². The number of oxime groups is 1. The number of carboxylic acid groups (broad SMARTS) is 1. The standard InChI is InChI=1S/C19H17N9O6S3/c1-6-11(26-3-8-27(5-26)7(4-35-8)13(20)29)12(18(32)33)28-16(31)10(17(28)36-6)22-15(30)9(24-34-2)14-23-19(21)37-25-14/h3-6,10,17H,1-2H3,(H5-,20,21,22,23,25,29,30,32,33)/b24-9-/t6?,10-,17-/m1/s1. The number of amides is 3. The monoisotopic (exact) mass is 563 g/mol. The van der Waals surface area contributed by atoms with E-state index in [4.69, 9.17) is 16.3 Å². The molecule has 0 saturated carbocycles. The zero-order valence-corrected chi connectivity index (χ0v) is 21.4. The molecule has 0 aliphatic carbocycles. The number of anilines is 1.